The summed E-state index contributed by atoms with van der Waals surface area (Å²) in [4.78, 5) is 0. The van der Waals surface area contributed by atoms with Gasteiger partial charge in [-0.2, -0.15) is 0 Å². The number of unbranched alkanes of at least 4 members (excludes halogenated alkanes) is 1. The Bertz CT molecular complexity index is 363. The molecule has 0 unspecified atom stereocenters. The van der Waals surface area contributed by atoms with Gasteiger partial charge in [-0.15, -0.1) is 0 Å². The van der Waals surface area contributed by atoms with Gasteiger partial charge in [0.25, 0.3) is 0 Å². The van der Waals surface area contributed by atoms with Gasteiger partial charge in [-0.25, -0.2) is 4.39 Å². The second-order valence-corrected chi connectivity index (χ2v) is 5.07. The van der Waals surface area contributed by atoms with Gasteiger partial charge in [0.05, 0.1) is 0 Å². The molecule has 2 rings (SSSR count). The molecule has 1 aromatic rings. The zero-order valence-electron chi connectivity index (χ0n) is 11.0. The Morgan fingerprint density at radius 2 is 2.17 bits per heavy atom. The van der Waals surface area contributed by atoms with Crippen molar-refractivity contribution in [1.29, 1.82) is 0 Å². The maximum absolute atomic E-state index is 13.1. The van der Waals surface area contributed by atoms with Gasteiger partial charge in [0, 0.05) is 19.8 Å². The average molecular weight is 251 g/mol. The molecule has 1 fully saturated rings. The van der Waals surface area contributed by atoms with Crippen molar-refractivity contribution in [2.45, 2.75) is 37.6 Å². The Morgan fingerprint density at radius 3 is 2.89 bits per heavy atom. The summed E-state index contributed by atoms with van der Waals surface area (Å²) < 4.78 is 18.1. The van der Waals surface area contributed by atoms with Crippen molar-refractivity contribution in [3.8, 4) is 0 Å². The fourth-order valence-electron chi connectivity index (χ4n) is 2.49. The van der Waals surface area contributed by atoms with Crippen LogP contribution < -0.4 is 5.32 Å². The van der Waals surface area contributed by atoms with Crippen LogP contribution in [0.15, 0.2) is 24.3 Å². The molecule has 0 amide bonds. The summed E-state index contributed by atoms with van der Waals surface area (Å²) in [7, 11) is 1.74. The molecular weight excluding hydrogens is 229 g/mol. The predicted molar refractivity (Wildman–Crippen MR) is 71.3 cm³/mol. The largest absolute Gasteiger partial charge is 0.385 e. The number of hydrogen-bond acceptors (Lipinski definition) is 2. The van der Waals surface area contributed by atoms with Crippen LogP contribution in [0.4, 0.5) is 4.39 Å². The van der Waals surface area contributed by atoms with Crippen LogP contribution in [0.1, 0.15) is 37.2 Å². The molecule has 3 heteroatoms. The summed E-state index contributed by atoms with van der Waals surface area (Å²) in [5.41, 5.74) is 1.15. The average Bonchev–Trinajstić information content (AvgIpc) is 2.31. The van der Waals surface area contributed by atoms with Crippen LogP contribution in [-0.2, 0) is 4.74 Å². The van der Waals surface area contributed by atoms with Crippen molar-refractivity contribution >= 4 is 0 Å². The molecule has 100 valence electrons. The van der Waals surface area contributed by atoms with Gasteiger partial charge >= 0.3 is 0 Å². The van der Waals surface area contributed by atoms with E-state index in [1.54, 1.807) is 19.2 Å². The normalized spacial score (nSPS) is 22.8. The molecule has 2 nitrogen and oxygen atoms in total. The Morgan fingerprint density at radius 1 is 1.33 bits per heavy atom. The highest BCUT2D eigenvalue weighted by Crippen LogP contribution is 2.36. The first-order valence-corrected chi connectivity index (χ1v) is 6.77. The summed E-state index contributed by atoms with van der Waals surface area (Å²) >= 11 is 0. The second kappa shape index (κ2) is 6.86. The standard InChI is InChI=1S/C15H22FNO/c1-18-8-3-2-7-17-15-10-13(11-15)12-5-4-6-14(16)9-12/h4-6,9,13,15,17H,2-3,7-8,10-11H2,1H3. The van der Waals surface area contributed by atoms with E-state index >= 15 is 0 Å². The fraction of sp³-hybridized carbons (Fsp3) is 0.600. The first-order valence-electron chi connectivity index (χ1n) is 6.77. The van der Waals surface area contributed by atoms with Gasteiger partial charge in [0.1, 0.15) is 5.82 Å². The van der Waals surface area contributed by atoms with E-state index in [9.17, 15) is 4.39 Å². The molecule has 18 heavy (non-hydrogen) atoms. The number of hydrogen-bond donors (Lipinski definition) is 1. The second-order valence-electron chi connectivity index (χ2n) is 5.07. The molecule has 0 aliphatic heterocycles. The van der Waals surface area contributed by atoms with Crippen LogP contribution in [0.5, 0.6) is 0 Å². The SMILES string of the molecule is COCCCCNC1CC(c2cccc(F)c2)C1. The number of ether oxygens (including phenoxy) is 1. The molecule has 1 aliphatic rings. The summed E-state index contributed by atoms with van der Waals surface area (Å²) in [5, 5.41) is 3.54. The van der Waals surface area contributed by atoms with Gasteiger partial charge in [0.2, 0.25) is 0 Å². The lowest BCUT2D eigenvalue weighted by molar-refractivity contribution is 0.191. The Labute approximate surface area is 109 Å². The number of nitrogens with one attached hydrogen (secondary N) is 1. The third-order valence-electron chi connectivity index (χ3n) is 3.67. The molecule has 1 aromatic carbocycles. The van der Waals surface area contributed by atoms with Crippen molar-refractivity contribution in [3.63, 3.8) is 0 Å². The molecule has 1 aliphatic carbocycles. The molecule has 0 spiro atoms. The Balaban J connectivity index is 1.62. The summed E-state index contributed by atoms with van der Waals surface area (Å²) in [6.45, 7) is 1.90. The Kier molecular flexibility index (Phi) is 5.14. The van der Waals surface area contributed by atoms with E-state index in [1.807, 2.05) is 6.07 Å². The molecule has 0 heterocycles. The van der Waals surface area contributed by atoms with Crippen molar-refractivity contribution in [2.24, 2.45) is 0 Å². The lowest BCUT2D eigenvalue weighted by atomic mass is 9.76. The number of rotatable bonds is 7. The monoisotopic (exact) mass is 251 g/mol. The highest BCUT2D eigenvalue weighted by atomic mass is 19.1. The van der Waals surface area contributed by atoms with Crippen molar-refractivity contribution < 1.29 is 9.13 Å². The van der Waals surface area contributed by atoms with Gasteiger partial charge in [0.15, 0.2) is 0 Å². The van der Waals surface area contributed by atoms with Gasteiger partial charge in [-0.1, -0.05) is 12.1 Å². The summed E-state index contributed by atoms with van der Waals surface area (Å²) in [5.74, 6) is 0.417. The lowest BCUT2D eigenvalue weighted by Crippen LogP contribution is -2.40. The van der Waals surface area contributed by atoms with E-state index in [-0.39, 0.29) is 5.82 Å². The lowest BCUT2D eigenvalue weighted by Gasteiger charge is -2.36. The minimum absolute atomic E-state index is 0.122. The smallest absolute Gasteiger partial charge is 0.123 e. The van der Waals surface area contributed by atoms with E-state index in [4.69, 9.17) is 4.74 Å². The van der Waals surface area contributed by atoms with Gasteiger partial charge in [-0.3, -0.25) is 0 Å². The number of benzene rings is 1. The van der Waals surface area contributed by atoms with Crippen LogP contribution in [0.3, 0.4) is 0 Å². The first-order chi connectivity index (χ1) is 8.79. The van der Waals surface area contributed by atoms with E-state index < -0.39 is 0 Å². The zero-order valence-corrected chi connectivity index (χ0v) is 11.0. The van der Waals surface area contributed by atoms with Crippen LogP contribution in [0, 0.1) is 5.82 Å². The van der Waals surface area contributed by atoms with Crippen LogP contribution in [0.25, 0.3) is 0 Å². The predicted octanol–water partition coefficient (Wildman–Crippen LogP) is 3.09. The zero-order chi connectivity index (χ0) is 12.8. The van der Waals surface area contributed by atoms with Gasteiger partial charge < -0.3 is 10.1 Å². The quantitative estimate of drug-likeness (QED) is 0.752. The Hall–Kier alpha value is -0.930. The summed E-state index contributed by atoms with van der Waals surface area (Å²) in [6, 6.07) is 7.62. The number of halogens is 1. The van der Waals surface area contributed by atoms with Crippen molar-refractivity contribution in [3.05, 3.63) is 35.6 Å². The molecule has 0 bridgehead atoms. The molecule has 0 atom stereocenters. The summed E-state index contributed by atoms with van der Waals surface area (Å²) in [6.07, 6.45) is 4.54. The fourth-order valence-corrected chi connectivity index (χ4v) is 2.49. The number of methoxy groups -OCH3 is 1. The van der Waals surface area contributed by atoms with Crippen molar-refractivity contribution in [1.82, 2.24) is 5.32 Å². The molecule has 1 saturated carbocycles. The minimum Gasteiger partial charge on any atom is -0.385 e. The van der Waals surface area contributed by atoms with E-state index in [2.05, 4.69) is 5.32 Å². The third kappa shape index (κ3) is 3.79. The van der Waals surface area contributed by atoms with Crippen LogP contribution in [-0.4, -0.2) is 26.3 Å². The molecule has 0 saturated heterocycles. The maximum Gasteiger partial charge on any atom is 0.123 e. The maximum atomic E-state index is 13.1. The first kappa shape index (κ1) is 13.5. The van der Waals surface area contributed by atoms with E-state index in [0.717, 1.165) is 44.4 Å². The van der Waals surface area contributed by atoms with Gasteiger partial charge in [-0.05, 0) is 55.8 Å². The highest BCUT2D eigenvalue weighted by Gasteiger charge is 2.29. The van der Waals surface area contributed by atoms with Crippen LogP contribution >= 0.6 is 0 Å². The highest BCUT2D eigenvalue weighted by molar-refractivity contribution is 5.23. The molecule has 0 radical (unpaired) electrons. The molecule has 1 N–H and O–H groups in total. The topological polar surface area (TPSA) is 21.3 Å². The van der Waals surface area contributed by atoms with E-state index in [1.165, 1.54) is 6.07 Å². The van der Waals surface area contributed by atoms with Crippen molar-refractivity contribution in [2.75, 3.05) is 20.3 Å². The van der Waals surface area contributed by atoms with Crippen LogP contribution in [0.2, 0.25) is 0 Å². The molecule has 0 aromatic heterocycles. The molecular formula is C15H22FNO. The minimum atomic E-state index is -0.122. The van der Waals surface area contributed by atoms with E-state index in [0.29, 0.717) is 12.0 Å². The third-order valence-corrected chi connectivity index (χ3v) is 3.67.